The number of carboxylic acids is 1. The van der Waals surface area contributed by atoms with Crippen molar-refractivity contribution >= 4 is 24.7 Å². The van der Waals surface area contributed by atoms with Crippen LogP contribution < -0.4 is 0 Å². The molecule has 86 valence electrons. The number of phenolic OH excluding ortho intramolecular Hbond substituents is 1. The topological polar surface area (TPSA) is 57.5 Å². The molecule has 0 aromatic heterocycles. The molecule has 4 heteroatoms. The maximum atomic E-state index is 10.5. The molecule has 1 aromatic carbocycles. The summed E-state index contributed by atoms with van der Waals surface area (Å²) in [5, 5.41) is 18.2. The van der Waals surface area contributed by atoms with Crippen LogP contribution in [0, 0.1) is 0 Å². The van der Waals surface area contributed by atoms with E-state index in [-0.39, 0.29) is 12.2 Å². The summed E-state index contributed by atoms with van der Waals surface area (Å²) in [5.41, 5.74) is 1.32. The molecule has 0 aliphatic heterocycles. The molecular weight excluding hydrogens is 224 g/mol. The zero-order valence-electron chi connectivity index (χ0n) is 8.76. The van der Waals surface area contributed by atoms with Crippen LogP contribution in [0.25, 0.3) is 6.08 Å². The Balaban J connectivity index is 2.85. The van der Waals surface area contributed by atoms with Gasteiger partial charge in [0, 0.05) is 5.56 Å². The third kappa shape index (κ3) is 3.98. The fraction of sp³-hybridized carbons (Fsp3) is 0.250. The number of allylic oxidation sites excluding steroid dienone is 1. The number of carboxylic acid groups (broad SMARTS) is 1. The first kappa shape index (κ1) is 12.6. The van der Waals surface area contributed by atoms with E-state index < -0.39 is 5.97 Å². The van der Waals surface area contributed by atoms with Crippen LogP contribution in [0.1, 0.15) is 17.5 Å². The van der Waals surface area contributed by atoms with Crippen molar-refractivity contribution in [2.24, 2.45) is 0 Å². The van der Waals surface area contributed by atoms with Crippen LogP contribution in [0.5, 0.6) is 5.75 Å². The van der Waals surface area contributed by atoms with Crippen LogP contribution in [0.2, 0.25) is 0 Å². The highest BCUT2D eigenvalue weighted by Crippen LogP contribution is 2.20. The average Bonchev–Trinajstić information content (AvgIpc) is 2.22. The second-order valence-electron chi connectivity index (χ2n) is 3.38. The number of aromatic hydroxyl groups is 1. The van der Waals surface area contributed by atoms with Crippen LogP contribution >= 0.6 is 12.6 Å². The normalized spacial score (nSPS) is 10.8. The Labute approximate surface area is 99.8 Å². The Morgan fingerprint density at radius 2 is 2.19 bits per heavy atom. The lowest BCUT2D eigenvalue weighted by Gasteiger charge is -2.02. The molecule has 0 fully saturated rings. The van der Waals surface area contributed by atoms with Crippen molar-refractivity contribution in [1.29, 1.82) is 0 Å². The summed E-state index contributed by atoms with van der Waals surface area (Å²) >= 11 is 4.07. The SMILES string of the molecule is O=C(O)Cc1ccc(O)c(C=CCCS)c1. The van der Waals surface area contributed by atoms with E-state index in [9.17, 15) is 9.90 Å². The lowest BCUT2D eigenvalue weighted by atomic mass is 10.1. The van der Waals surface area contributed by atoms with Gasteiger partial charge < -0.3 is 10.2 Å². The first-order valence-electron chi connectivity index (χ1n) is 4.94. The Morgan fingerprint density at radius 1 is 1.44 bits per heavy atom. The van der Waals surface area contributed by atoms with Gasteiger partial charge in [-0.25, -0.2) is 0 Å². The van der Waals surface area contributed by atoms with Gasteiger partial charge in [-0.3, -0.25) is 4.79 Å². The predicted molar refractivity (Wildman–Crippen MR) is 67.0 cm³/mol. The molecule has 0 aliphatic carbocycles. The molecule has 2 N–H and O–H groups in total. The first-order chi connectivity index (χ1) is 7.63. The summed E-state index contributed by atoms with van der Waals surface area (Å²) in [5.74, 6) is 0.0204. The Bertz CT molecular complexity index is 399. The molecule has 0 radical (unpaired) electrons. The summed E-state index contributed by atoms with van der Waals surface area (Å²) in [6.45, 7) is 0. The lowest BCUT2D eigenvalue weighted by Crippen LogP contribution is -1.99. The number of benzene rings is 1. The molecule has 0 aliphatic rings. The van der Waals surface area contributed by atoms with Crippen LogP contribution in [-0.4, -0.2) is 21.9 Å². The van der Waals surface area contributed by atoms with Crippen molar-refractivity contribution in [3.8, 4) is 5.75 Å². The molecule has 0 bridgehead atoms. The Kier molecular flexibility index (Phi) is 4.92. The van der Waals surface area contributed by atoms with E-state index >= 15 is 0 Å². The zero-order chi connectivity index (χ0) is 12.0. The van der Waals surface area contributed by atoms with Crippen molar-refractivity contribution in [2.45, 2.75) is 12.8 Å². The molecule has 16 heavy (non-hydrogen) atoms. The number of hydrogen-bond donors (Lipinski definition) is 3. The van der Waals surface area contributed by atoms with Gasteiger partial charge in [0.1, 0.15) is 5.75 Å². The number of carbonyl (C=O) groups is 1. The van der Waals surface area contributed by atoms with Crippen molar-refractivity contribution in [3.63, 3.8) is 0 Å². The summed E-state index contributed by atoms with van der Waals surface area (Å²) < 4.78 is 0. The standard InChI is InChI=1S/C12H14O3S/c13-11-5-4-9(8-12(14)15)7-10(11)3-1-2-6-16/h1,3-5,7,13,16H,2,6,8H2,(H,14,15). The molecule has 0 spiro atoms. The van der Waals surface area contributed by atoms with Crippen molar-refractivity contribution < 1.29 is 15.0 Å². The molecule has 0 amide bonds. The number of aliphatic carboxylic acids is 1. The van der Waals surface area contributed by atoms with E-state index in [0.29, 0.717) is 11.1 Å². The van der Waals surface area contributed by atoms with Gasteiger partial charge in [-0.2, -0.15) is 12.6 Å². The van der Waals surface area contributed by atoms with E-state index in [1.165, 1.54) is 6.07 Å². The quantitative estimate of drug-likeness (QED) is 0.690. The smallest absolute Gasteiger partial charge is 0.307 e. The van der Waals surface area contributed by atoms with Gasteiger partial charge in [0.25, 0.3) is 0 Å². The predicted octanol–water partition coefficient (Wildman–Crippen LogP) is 2.35. The molecule has 0 heterocycles. The first-order valence-corrected chi connectivity index (χ1v) is 5.58. The second-order valence-corrected chi connectivity index (χ2v) is 3.83. The maximum Gasteiger partial charge on any atom is 0.307 e. The third-order valence-corrected chi connectivity index (χ3v) is 2.30. The fourth-order valence-electron chi connectivity index (χ4n) is 1.31. The molecule has 3 nitrogen and oxygen atoms in total. The van der Waals surface area contributed by atoms with Gasteiger partial charge in [0.05, 0.1) is 6.42 Å². The van der Waals surface area contributed by atoms with E-state index in [1.54, 1.807) is 18.2 Å². The van der Waals surface area contributed by atoms with Crippen LogP contribution in [0.4, 0.5) is 0 Å². The summed E-state index contributed by atoms with van der Waals surface area (Å²) in [7, 11) is 0. The van der Waals surface area contributed by atoms with E-state index in [0.717, 1.165) is 12.2 Å². The van der Waals surface area contributed by atoms with Gasteiger partial charge in [0.15, 0.2) is 0 Å². The molecular formula is C12H14O3S. The summed E-state index contributed by atoms with van der Waals surface area (Å²) in [4.78, 5) is 10.5. The van der Waals surface area contributed by atoms with E-state index in [4.69, 9.17) is 5.11 Å². The van der Waals surface area contributed by atoms with Gasteiger partial charge in [-0.15, -0.1) is 0 Å². The zero-order valence-corrected chi connectivity index (χ0v) is 9.65. The molecule has 1 rings (SSSR count). The van der Waals surface area contributed by atoms with Crippen LogP contribution in [-0.2, 0) is 11.2 Å². The summed E-state index contributed by atoms with van der Waals surface area (Å²) in [6, 6.07) is 4.80. The van der Waals surface area contributed by atoms with E-state index in [1.807, 2.05) is 6.08 Å². The minimum absolute atomic E-state index is 0.0340. The average molecular weight is 238 g/mol. The van der Waals surface area contributed by atoms with Gasteiger partial charge >= 0.3 is 5.97 Å². The maximum absolute atomic E-state index is 10.5. The number of rotatable bonds is 5. The van der Waals surface area contributed by atoms with Crippen molar-refractivity contribution in [3.05, 3.63) is 35.4 Å². The molecule has 0 atom stereocenters. The number of thiol groups is 1. The van der Waals surface area contributed by atoms with Crippen LogP contribution in [0.3, 0.4) is 0 Å². The highest BCUT2D eigenvalue weighted by molar-refractivity contribution is 7.80. The minimum Gasteiger partial charge on any atom is -0.507 e. The number of phenols is 1. The molecule has 0 unspecified atom stereocenters. The van der Waals surface area contributed by atoms with Crippen LogP contribution in [0.15, 0.2) is 24.3 Å². The summed E-state index contributed by atoms with van der Waals surface area (Å²) in [6.07, 6.45) is 4.45. The highest BCUT2D eigenvalue weighted by Gasteiger charge is 2.03. The van der Waals surface area contributed by atoms with E-state index in [2.05, 4.69) is 12.6 Å². The lowest BCUT2D eigenvalue weighted by molar-refractivity contribution is -0.136. The highest BCUT2D eigenvalue weighted by atomic mass is 32.1. The third-order valence-electron chi connectivity index (χ3n) is 2.04. The minimum atomic E-state index is -0.879. The van der Waals surface area contributed by atoms with Gasteiger partial charge in [-0.05, 0) is 29.9 Å². The molecule has 0 saturated carbocycles. The second kappa shape index (κ2) is 6.23. The Morgan fingerprint density at radius 3 is 2.81 bits per heavy atom. The number of hydrogen-bond acceptors (Lipinski definition) is 3. The molecule has 0 saturated heterocycles. The largest absolute Gasteiger partial charge is 0.507 e. The fourth-order valence-corrected chi connectivity index (χ4v) is 1.46. The monoisotopic (exact) mass is 238 g/mol. The Hall–Kier alpha value is -1.42. The van der Waals surface area contributed by atoms with Crippen molar-refractivity contribution in [2.75, 3.05) is 5.75 Å². The van der Waals surface area contributed by atoms with Gasteiger partial charge in [-0.1, -0.05) is 18.2 Å². The van der Waals surface area contributed by atoms with Crippen molar-refractivity contribution in [1.82, 2.24) is 0 Å². The van der Waals surface area contributed by atoms with Gasteiger partial charge in [0.2, 0.25) is 0 Å². The molecule has 1 aromatic rings.